The Morgan fingerprint density at radius 1 is 1.52 bits per heavy atom. The molecule has 1 atom stereocenters. The second-order valence-corrected chi connectivity index (χ2v) is 4.92. The number of hydrogen-bond donors (Lipinski definition) is 1. The molecule has 0 heterocycles. The molecule has 1 unspecified atom stereocenters. The number of alkyl halides is 3. The molecule has 1 amide bonds. The van der Waals surface area contributed by atoms with Gasteiger partial charge in [0.1, 0.15) is 17.6 Å². The second-order valence-electron chi connectivity index (χ2n) is 4.52. The van der Waals surface area contributed by atoms with Gasteiger partial charge in [-0.1, -0.05) is 11.6 Å². The van der Waals surface area contributed by atoms with Gasteiger partial charge in [0.15, 0.2) is 6.10 Å². The van der Waals surface area contributed by atoms with E-state index in [1.165, 1.54) is 6.07 Å². The van der Waals surface area contributed by atoms with Crippen molar-refractivity contribution in [2.75, 3.05) is 13.6 Å². The molecule has 0 fully saturated rings. The van der Waals surface area contributed by atoms with Crippen LogP contribution in [0, 0.1) is 17.1 Å². The van der Waals surface area contributed by atoms with E-state index in [0.29, 0.717) is 11.0 Å². The van der Waals surface area contributed by atoms with Crippen molar-refractivity contribution in [2.24, 2.45) is 0 Å². The summed E-state index contributed by atoms with van der Waals surface area (Å²) in [4.78, 5) is 11.3. The molecule has 0 aliphatic carbocycles. The molecule has 0 bridgehead atoms. The Labute approximate surface area is 133 Å². The van der Waals surface area contributed by atoms with Crippen LogP contribution in [0.5, 0.6) is 5.75 Å². The molecular formula is C13H11ClF4N2O3. The highest BCUT2D eigenvalue weighted by molar-refractivity contribution is 6.30. The molecule has 23 heavy (non-hydrogen) atoms. The molecule has 0 saturated carbocycles. The summed E-state index contributed by atoms with van der Waals surface area (Å²) in [6.07, 6.45) is -9.29. The Hall–Kier alpha value is -2.21. The number of nitrogens with zero attached hydrogens (tertiary/aromatic N) is 2. The molecule has 1 aromatic carbocycles. The Bertz CT molecular complexity index is 631. The number of rotatable bonds is 5. The molecule has 5 nitrogen and oxygen atoms in total. The lowest BCUT2D eigenvalue weighted by atomic mass is 10.2. The van der Waals surface area contributed by atoms with Crippen LogP contribution in [-0.4, -0.2) is 42.0 Å². The number of ether oxygens (including phenoxy) is 1. The summed E-state index contributed by atoms with van der Waals surface area (Å²) in [7, 11) is 1.10. The maximum absolute atomic E-state index is 13.2. The SMILES string of the molecule is CN(CCC(Oc1cc(Cl)c(F)cc1C#N)C(F)(F)F)C(=O)O. The van der Waals surface area contributed by atoms with E-state index in [-0.39, 0.29) is 0 Å². The third-order valence-corrected chi connectivity index (χ3v) is 3.12. The first-order chi connectivity index (χ1) is 10.6. The average molecular weight is 355 g/mol. The topological polar surface area (TPSA) is 73.6 Å². The zero-order valence-electron chi connectivity index (χ0n) is 11.7. The van der Waals surface area contributed by atoms with Gasteiger partial charge in [0.25, 0.3) is 0 Å². The minimum absolute atomic E-state index is 0.448. The average Bonchev–Trinajstić information content (AvgIpc) is 2.44. The molecule has 10 heteroatoms. The number of amides is 1. The molecule has 0 radical (unpaired) electrons. The number of carbonyl (C=O) groups is 1. The van der Waals surface area contributed by atoms with Gasteiger partial charge >= 0.3 is 12.3 Å². The van der Waals surface area contributed by atoms with Crippen LogP contribution in [0.2, 0.25) is 5.02 Å². The molecule has 1 aromatic rings. The quantitative estimate of drug-likeness (QED) is 0.819. The summed E-state index contributed by atoms with van der Waals surface area (Å²) in [5.74, 6) is -1.50. The second kappa shape index (κ2) is 7.37. The molecule has 0 aromatic heterocycles. The van der Waals surface area contributed by atoms with Crippen molar-refractivity contribution in [3.05, 3.63) is 28.5 Å². The lowest BCUT2D eigenvalue weighted by Gasteiger charge is -2.24. The van der Waals surface area contributed by atoms with E-state index in [0.717, 1.165) is 13.1 Å². The molecule has 0 saturated heterocycles. The highest BCUT2D eigenvalue weighted by atomic mass is 35.5. The van der Waals surface area contributed by atoms with Crippen LogP contribution < -0.4 is 4.74 Å². The van der Waals surface area contributed by atoms with E-state index < -0.39 is 53.5 Å². The van der Waals surface area contributed by atoms with Crippen LogP contribution in [0.25, 0.3) is 0 Å². The van der Waals surface area contributed by atoms with Gasteiger partial charge in [-0.3, -0.25) is 0 Å². The molecule has 1 N–H and O–H groups in total. The van der Waals surface area contributed by atoms with Crippen LogP contribution in [-0.2, 0) is 0 Å². The molecule has 0 spiro atoms. The van der Waals surface area contributed by atoms with E-state index in [1.807, 2.05) is 0 Å². The summed E-state index contributed by atoms with van der Waals surface area (Å²) >= 11 is 5.48. The fraction of sp³-hybridized carbons (Fsp3) is 0.385. The third-order valence-electron chi connectivity index (χ3n) is 2.83. The third kappa shape index (κ3) is 5.17. The number of hydrogen-bond acceptors (Lipinski definition) is 3. The predicted octanol–water partition coefficient (Wildman–Crippen LogP) is 3.66. The normalized spacial score (nSPS) is 12.4. The first-order valence-electron chi connectivity index (χ1n) is 6.12. The van der Waals surface area contributed by atoms with E-state index in [9.17, 15) is 22.4 Å². The van der Waals surface area contributed by atoms with Gasteiger partial charge in [-0.2, -0.15) is 18.4 Å². The van der Waals surface area contributed by atoms with Crippen molar-refractivity contribution in [3.63, 3.8) is 0 Å². The summed E-state index contributed by atoms with van der Waals surface area (Å²) in [5, 5.41) is 17.0. The van der Waals surface area contributed by atoms with Crippen LogP contribution in [0.1, 0.15) is 12.0 Å². The zero-order chi connectivity index (χ0) is 17.8. The van der Waals surface area contributed by atoms with Gasteiger partial charge in [-0.15, -0.1) is 0 Å². The first-order valence-corrected chi connectivity index (χ1v) is 6.50. The smallest absolute Gasteiger partial charge is 0.425 e. The Kier molecular flexibility index (Phi) is 6.04. The van der Waals surface area contributed by atoms with E-state index in [4.69, 9.17) is 26.7 Å². The minimum Gasteiger partial charge on any atom is -0.479 e. The fourth-order valence-corrected chi connectivity index (χ4v) is 1.72. The standard InChI is InChI=1S/C13H11ClF4N2O3/c1-20(12(21)22)3-2-11(13(16,17)18)23-10-5-8(14)9(15)4-7(10)6-19/h4-5,11H,2-3H2,1H3,(H,21,22). The summed E-state index contributed by atoms with van der Waals surface area (Å²) in [5.41, 5.74) is -0.451. The van der Waals surface area contributed by atoms with Gasteiger partial charge in [0, 0.05) is 26.1 Å². The predicted molar refractivity (Wildman–Crippen MR) is 71.9 cm³/mol. The van der Waals surface area contributed by atoms with Crippen molar-refractivity contribution in [1.82, 2.24) is 4.90 Å². The summed E-state index contributed by atoms with van der Waals surface area (Å²) in [6.45, 7) is -0.448. The lowest BCUT2D eigenvalue weighted by molar-refractivity contribution is -0.197. The Morgan fingerprint density at radius 3 is 2.61 bits per heavy atom. The highest BCUT2D eigenvalue weighted by Crippen LogP contribution is 2.32. The maximum atomic E-state index is 13.2. The molecule has 126 valence electrons. The van der Waals surface area contributed by atoms with Gasteiger partial charge in [0.05, 0.1) is 10.6 Å². The largest absolute Gasteiger partial charge is 0.479 e. The molecule has 0 aliphatic rings. The van der Waals surface area contributed by atoms with Gasteiger partial charge in [0.2, 0.25) is 0 Å². The monoisotopic (exact) mass is 354 g/mol. The van der Waals surface area contributed by atoms with Crippen LogP contribution in [0.3, 0.4) is 0 Å². The maximum Gasteiger partial charge on any atom is 0.425 e. The summed E-state index contributed by atoms with van der Waals surface area (Å²) < 4.78 is 57.0. The zero-order valence-corrected chi connectivity index (χ0v) is 12.5. The first kappa shape index (κ1) is 18.8. The van der Waals surface area contributed by atoms with Crippen molar-refractivity contribution in [1.29, 1.82) is 5.26 Å². The fourth-order valence-electron chi connectivity index (χ4n) is 1.56. The van der Waals surface area contributed by atoms with E-state index in [1.54, 1.807) is 0 Å². The number of halogens is 5. The van der Waals surface area contributed by atoms with Gasteiger partial charge in [-0.05, 0) is 6.07 Å². The highest BCUT2D eigenvalue weighted by Gasteiger charge is 2.42. The summed E-state index contributed by atoms with van der Waals surface area (Å²) in [6, 6.07) is 2.94. The number of carboxylic acid groups (broad SMARTS) is 1. The Morgan fingerprint density at radius 2 is 2.13 bits per heavy atom. The Balaban J connectivity index is 3.01. The van der Waals surface area contributed by atoms with Gasteiger partial charge < -0.3 is 14.7 Å². The number of nitriles is 1. The van der Waals surface area contributed by atoms with Crippen molar-refractivity contribution in [3.8, 4) is 11.8 Å². The van der Waals surface area contributed by atoms with Crippen LogP contribution >= 0.6 is 11.6 Å². The van der Waals surface area contributed by atoms with E-state index in [2.05, 4.69) is 0 Å². The van der Waals surface area contributed by atoms with Crippen molar-refractivity contribution >= 4 is 17.7 Å². The lowest BCUT2D eigenvalue weighted by Crippen LogP contribution is -2.38. The van der Waals surface area contributed by atoms with Crippen molar-refractivity contribution in [2.45, 2.75) is 18.7 Å². The molecule has 1 rings (SSSR count). The van der Waals surface area contributed by atoms with E-state index >= 15 is 0 Å². The molecular weight excluding hydrogens is 344 g/mol. The number of benzene rings is 1. The van der Waals surface area contributed by atoms with Crippen LogP contribution in [0.4, 0.5) is 22.4 Å². The van der Waals surface area contributed by atoms with Gasteiger partial charge in [-0.25, -0.2) is 9.18 Å². The van der Waals surface area contributed by atoms with Crippen molar-refractivity contribution < 1.29 is 32.2 Å². The molecule has 0 aliphatic heterocycles. The van der Waals surface area contributed by atoms with Crippen LogP contribution in [0.15, 0.2) is 12.1 Å². The minimum atomic E-state index is -4.81.